The Morgan fingerprint density at radius 2 is 2.11 bits per heavy atom. The van der Waals surface area contributed by atoms with Crippen LogP contribution in [0.5, 0.6) is 0 Å². The van der Waals surface area contributed by atoms with Crippen molar-refractivity contribution in [2.75, 3.05) is 5.32 Å². The van der Waals surface area contributed by atoms with Crippen LogP contribution in [0, 0.1) is 0 Å². The van der Waals surface area contributed by atoms with E-state index in [1.54, 1.807) is 6.92 Å². The normalized spacial score (nSPS) is 14.3. The maximum Gasteiger partial charge on any atom is 0.244 e. The Morgan fingerprint density at radius 1 is 1.44 bits per heavy atom. The summed E-state index contributed by atoms with van der Waals surface area (Å²) in [5.41, 5.74) is 7.23. The zero-order valence-corrected chi connectivity index (χ0v) is 11.8. The van der Waals surface area contributed by atoms with E-state index in [0.29, 0.717) is 12.3 Å². The van der Waals surface area contributed by atoms with Crippen LogP contribution < -0.4 is 11.1 Å². The highest BCUT2D eigenvalue weighted by atomic mass is 16.2. The van der Waals surface area contributed by atoms with Gasteiger partial charge in [-0.25, -0.2) is 0 Å². The fourth-order valence-electron chi connectivity index (χ4n) is 1.88. The molecule has 0 saturated carbocycles. The van der Waals surface area contributed by atoms with Gasteiger partial charge >= 0.3 is 0 Å². The third kappa shape index (κ3) is 3.84. The van der Waals surface area contributed by atoms with Crippen molar-refractivity contribution in [3.05, 3.63) is 29.8 Å². The van der Waals surface area contributed by atoms with E-state index in [4.69, 9.17) is 5.73 Å². The summed E-state index contributed by atoms with van der Waals surface area (Å²) in [5, 5.41) is 2.90. The van der Waals surface area contributed by atoms with Gasteiger partial charge in [-0.1, -0.05) is 39.3 Å². The number of hydrogen-bond acceptors (Lipinski definition) is 2. The van der Waals surface area contributed by atoms with Gasteiger partial charge < -0.3 is 11.1 Å². The average Bonchev–Trinajstić information content (AvgIpc) is 2.29. The predicted octanol–water partition coefficient (Wildman–Crippen LogP) is 3.27. The van der Waals surface area contributed by atoms with Crippen LogP contribution in [0.4, 0.5) is 5.69 Å². The number of nitrogens with one attached hydrogen (secondary N) is 1. The van der Waals surface area contributed by atoms with Gasteiger partial charge in [0, 0.05) is 5.69 Å². The lowest BCUT2D eigenvalue weighted by Gasteiger charge is -2.23. The van der Waals surface area contributed by atoms with Crippen molar-refractivity contribution < 1.29 is 4.79 Å². The molecule has 0 aliphatic carbocycles. The van der Waals surface area contributed by atoms with Crippen LogP contribution in [0.15, 0.2) is 24.3 Å². The molecule has 1 aromatic rings. The molecule has 1 unspecified atom stereocenters. The molecule has 3 heteroatoms. The smallest absolute Gasteiger partial charge is 0.244 e. The molecule has 0 saturated heterocycles. The fourth-order valence-corrected chi connectivity index (χ4v) is 1.88. The van der Waals surface area contributed by atoms with E-state index >= 15 is 0 Å². The minimum atomic E-state index is -0.803. The van der Waals surface area contributed by atoms with E-state index < -0.39 is 5.54 Å². The van der Waals surface area contributed by atoms with E-state index in [1.807, 2.05) is 25.1 Å². The highest BCUT2D eigenvalue weighted by Gasteiger charge is 2.27. The topological polar surface area (TPSA) is 55.1 Å². The molecule has 0 fully saturated rings. The van der Waals surface area contributed by atoms with Crippen LogP contribution in [0.25, 0.3) is 0 Å². The van der Waals surface area contributed by atoms with Gasteiger partial charge in [0.2, 0.25) is 5.91 Å². The molecule has 3 N–H and O–H groups in total. The number of anilines is 1. The number of carbonyl (C=O) groups is 1. The first-order chi connectivity index (χ1) is 8.36. The van der Waals surface area contributed by atoms with Gasteiger partial charge in [-0.3, -0.25) is 4.79 Å². The zero-order valence-electron chi connectivity index (χ0n) is 11.8. The minimum absolute atomic E-state index is 0.120. The molecule has 1 rings (SSSR count). The fraction of sp³-hybridized carbons (Fsp3) is 0.533. The Bertz CT molecular complexity index is 411. The third-order valence-corrected chi connectivity index (χ3v) is 3.10. The Labute approximate surface area is 110 Å². The van der Waals surface area contributed by atoms with Crippen molar-refractivity contribution in [1.29, 1.82) is 0 Å². The van der Waals surface area contributed by atoms with Gasteiger partial charge in [0.25, 0.3) is 0 Å². The number of benzene rings is 1. The van der Waals surface area contributed by atoms with Crippen LogP contribution in [-0.4, -0.2) is 11.4 Å². The van der Waals surface area contributed by atoms with E-state index in [1.165, 1.54) is 5.56 Å². The molecule has 0 aromatic heterocycles. The summed E-state index contributed by atoms with van der Waals surface area (Å²) < 4.78 is 0. The molecule has 3 nitrogen and oxygen atoms in total. The first kappa shape index (κ1) is 14.7. The number of hydrogen-bond donors (Lipinski definition) is 2. The molecule has 1 aromatic carbocycles. The summed E-state index contributed by atoms with van der Waals surface area (Å²) >= 11 is 0. The Morgan fingerprint density at radius 3 is 2.67 bits per heavy atom. The van der Waals surface area contributed by atoms with Gasteiger partial charge in [0.1, 0.15) is 0 Å². The van der Waals surface area contributed by atoms with Gasteiger partial charge in [0.05, 0.1) is 5.54 Å². The highest BCUT2D eigenvalue weighted by molar-refractivity contribution is 5.97. The largest absolute Gasteiger partial charge is 0.324 e. The summed E-state index contributed by atoms with van der Waals surface area (Å²) in [6.07, 6.45) is 1.58. The second-order valence-corrected chi connectivity index (χ2v) is 5.40. The molecule has 0 spiro atoms. The molecule has 18 heavy (non-hydrogen) atoms. The maximum atomic E-state index is 12.1. The van der Waals surface area contributed by atoms with Crippen molar-refractivity contribution in [1.82, 2.24) is 0 Å². The van der Waals surface area contributed by atoms with E-state index in [2.05, 4.69) is 25.2 Å². The van der Waals surface area contributed by atoms with E-state index in [-0.39, 0.29) is 5.91 Å². The number of nitrogens with two attached hydrogens (primary N) is 1. The zero-order chi connectivity index (χ0) is 13.8. The number of amides is 1. The molecule has 0 bridgehead atoms. The van der Waals surface area contributed by atoms with Gasteiger partial charge in [0.15, 0.2) is 0 Å². The Balaban J connectivity index is 2.79. The van der Waals surface area contributed by atoms with Crippen LogP contribution >= 0.6 is 0 Å². The van der Waals surface area contributed by atoms with Crippen LogP contribution in [0.2, 0.25) is 0 Å². The second kappa shape index (κ2) is 6.01. The van der Waals surface area contributed by atoms with Crippen molar-refractivity contribution in [3.8, 4) is 0 Å². The molecular formula is C15H24N2O. The monoisotopic (exact) mass is 248 g/mol. The Kier molecular flexibility index (Phi) is 4.91. The van der Waals surface area contributed by atoms with Crippen molar-refractivity contribution >= 4 is 11.6 Å². The molecule has 0 radical (unpaired) electrons. The first-order valence-electron chi connectivity index (χ1n) is 6.57. The standard InChI is InChI=1S/C15H24N2O/c1-5-9-15(4,16)14(18)17-13-8-6-7-12(10-13)11(2)3/h6-8,10-11H,5,9,16H2,1-4H3,(H,17,18). The molecule has 0 aliphatic heterocycles. The van der Waals surface area contributed by atoms with Crippen LogP contribution in [0.3, 0.4) is 0 Å². The van der Waals surface area contributed by atoms with E-state index in [9.17, 15) is 4.79 Å². The quantitative estimate of drug-likeness (QED) is 0.840. The minimum Gasteiger partial charge on any atom is -0.324 e. The van der Waals surface area contributed by atoms with Gasteiger partial charge in [-0.05, 0) is 37.0 Å². The lowest BCUT2D eigenvalue weighted by molar-refractivity contribution is -0.120. The van der Waals surface area contributed by atoms with Gasteiger partial charge in [-0.2, -0.15) is 0 Å². The van der Waals surface area contributed by atoms with Crippen LogP contribution in [0.1, 0.15) is 52.0 Å². The third-order valence-electron chi connectivity index (χ3n) is 3.10. The SMILES string of the molecule is CCCC(C)(N)C(=O)Nc1cccc(C(C)C)c1. The van der Waals surface area contributed by atoms with Crippen molar-refractivity contribution in [2.24, 2.45) is 5.73 Å². The summed E-state index contributed by atoms with van der Waals surface area (Å²) in [5.74, 6) is 0.326. The van der Waals surface area contributed by atoms with Crippen molar-refractivity contribution in [3.63, 3.8) is 0 Å². The molecule has 0 aliphatic rings. The first-order valence-corrected chi connectivity index (χ1v) is 6.57. The summed E-state index contributed by atoms with van der Waals surface area (Å²) in [6, 6.07) is 7.92. The lowest BCUT2D eigenvalue weighted by atomic mass is 9.96. The highest BCUT2D eigenvalue weighted by Crippen LogP contribution is 2.20. The summed E-state index contributed by atoms with van der Waals surface area (Å²) in [7, 11) is 0. The molecule has 1 amide bonds. The number of rotatable bonds is 5. The van der Waals surface area contributed by atoms with Crippen LogP contribution in [-0.2, 0) is 4.79 Å². The molecule has 0 heterocycles. The lowest BCUT2D eigenvalue weighted by Crippen LogP contribution is -2.48. The molecular weight excluding hydrogens is 224 g/mol. The van der Waals surface area contributed by atoms with Gasteiger partial charge in [-0.15, -0.1) is 0 Å². The maximum absolute atomic E-state index is 12.1. The number of carbonyl (C=O) groups excluding carboxylic acids is 1. The molecule has 100 valence electrons. The second-order valence-electron chi connectivity index (χ2n) is 5.40. The summed E-state index contributed by atoms with van der Waals surface area (Å²) in [4.78, 5) is 12.1. The van der Waals surface area contributed by atoms with E-state index in [0.717, 1.165) is 12.1 Å². The predicted molar refractivity (Wildman–Crippen MR) is 76.7 cm³/mol. The molecule has 1 atom stereocenters. The average molecular weight is 248 g/mol. The van der Waals surface area contributed by atoms with Crippen molar-refractivity contribution in [2.45, 2.75) is 52.0 Å². The Hall–Kier alpha value is -1.35. The summed E-state index contributed by atoms with van der Waals surface area (Å²) in [6.45, 7) is 8.06.